The molecule has 0 saturated heterocycles. The van der Waals surface area contributed by atoms with Gasteiger partial charge in [0.05, 0.1) is 0 Å². The molecule has 0 atom stereocenters. The zero-order valence-corrected chi connectivity index (χ0v) is 11.8. The van der Waals surface area contributed by atoms with Gasteiger partial charge in [-0.05, 0) is 37.5 Å². The fourth-order valence-corrected chi connectivity index (χ4v) is 2.40. The van der Waals surface area contributed by atoms with E-state index >= 15 is 0 Å². The van der Waals surface area contributed by atoms with Gasteiger partial charge in [0.1, 0.15) is 0 Å². The van der Waals surface area contributed by atoms with Crippen molar-refractivity contribution in [1.29, 1.82) is 0 Å². The Morgan fingerprint density at radius 1 is 1.05 bits per heavy atom. The van der Waals surface area contributed by atoms with Crippen molar-refractivity contribution >= 4 is 5.91 Å². The summed E-state index contributed by atoms with van der Waals surface area (Å²) in [5, 5.41) is 0. The minimum Gasteiger partial charge on any atom is -0.331 e. The molecular weight excluding hydrogens is 246 g/mol. The largest absolute Gasteiger partial charge is 0.331 e. The number of hydrogen-bond donors (Lipinski definition) is 0. The first-order chi connectivity index (χ1) is 9.74. The van der Waals surface area contributed by atoms with Crippen LogP contribution in [0.1, 0.15) is 34.3 Å². The summed E-state index contributed by atoms with van der Waals surface area (Å²) in [5.41, 5.74) is 3.17. The highest BCUT2D eigenvalue weighted by Gasteiger charge is 2.32. The molecule has 0 radical (unpaired) electrons. The van der Waals surface area contributed by atoms with Crippen LogP contribution in [0.25, 0.3) is 0 Å². The number of carbonyl (C=O) groups excluding carboxylic acids is 1. The van der Waals surface area contributed by atoms with E-state index in [0.717, 1.165) is 18.4 Å². The molecule has 1 fully saturated rings. The summed E-state index contributed by atoms with van der Waals surface area (Å²) in [5.74, 6) is 0.149. The molecule has 0 heterocycles. The zero-order valence-electron chi connectivity index (χ0n) is 11.8. The summed E-state index contributed by atoms with van der Waals surface area (Å²) in [7, 11) is 0. The number of nitrogens with zero attached hydrogens (tertiary/aromatic N) is 1. The van der Waals surface area contributed by atoms with Crippen LogP contribution in [0.2, 0.25) is 0 Å². The smallest absolute Gasteiger partial charge is 0.254 e. The van der Waals surface area contributed by atoms with Crippen LogP contribution < -0.4 is 0 Å². The van der Waals surface area contributed by atoms with Crippen molar-refractivity contribution in [2.45, 2.75) is 32.4 Å². The molecule has 0 unspecified atom stereocenters. The summed E-state index contributed by atoms with van der Waals surface area (Å²) < 4.78 is 0. The van der Waals surface area contributed by atoms with Gasteiger partial charge in [-0.2, -0.15) is 0 Å². The molecule has 3 rings (SSSR count). The van der Waals surface area contributed by atoms with Gasteiger partial charge >= 0.3 is 0 Å². The van der Waals surface area contributed by atoms with Crippen molar-refractivity contribution in [2.24, 2.45) is 0 Å². The molecule has 20 heavy (non-hydrogen) atoms. The lowest BCUT2D eigenvalue weighted by Gasteiger charge is -2.22. The molecule has 0 spiro atoms. The fraction of sp³-hybridized carbons (Fsp3) is 0.278. The standard InChI is InChI=1S/C18H19NO/c1-14-7-9-16(10-8-14)18(20)19(17-11-12-17)13-15-5-3-2-4-6-15/h2-10,17H,11-13H2,1H3. The van der Waals surface area contributed by atoms with E-state index in [9.17, 15) is 4.79 Å². The second kappa shape index (κ2) is 5.49. The molecule has 0 aromatic heterocycles. The Balaban J connectivity index is 1.80. The van der Waals surface area contributed by atoms with Crippen molar-refractivity contribution in [2.75, 3.05) is 0 Å². The first kappa shape index (κ1) is 12.9. The molecule has 0 N–H and O–H groups in total. The van der Waals surface area contributed by atoms with Crippen molar-refractivity contribution in [1.82, 2.24) is 4.90 Å². The average molecular weight is 265 g/mol. The topological polar surface area (TPSA) is 20.3 Å². The van der Waals surface area contributed by atoms with Crippen molar-refractivity contribution < 1.29 is 4.79 Å². The molecule has 2 aromatic carbocycles. The molecule has 2 aromatic rings. The summed E-state index contributed by atoms with van der Waals surface area (Å²) >= 11 is 0. The van der Waals surface area contributed by atoms with Crippen LogP contribution in [0.3, 0.4) is 0 Å². The van der Waals surface area contributed by atoms with Gasteiger partial charge in [-0.3, -0.25) is 4.79 Å². The summed E-state index contributed by atoms with van der Waals surface area (Å²) in [6.45, 7) is 2.75. The minimum atomic E-state index is 0.149. The van der Waals surface area contributed by atoms with Crippen LogP contribution in [-0.2, 0) is 6.54 Å². The van der Waals surface area contributed by atoms with E-state index in [1.807, 2.05) is 54.3 Å². The third kappa shape index (κ3) is 2.90. The molecule has 1 aliphatic rings. The van der Waals surface area contributed by atoms with Crippen LogP contribution >= 0.6 is 0 Å². The number of hydrogen-bond acceptors (Lipinski definition) is 1. The van der Waals surface area contributed by atoms with E-state index < -0.39 is 0 Å². The third-order valence-corrected chi connectivity index (χ3v) is 3.74. The molecule has 2 heteroatoms. The van der Waals surface area contributed by atoms with Crippen molar-refractivity contribution in [3.8, 4) is 0 Å². The normalized spacial score (nSPS) is 14.1. The van der Waals surface area contributed by atoms with E-state index in [-0.39, 0.29) is 5.91 Å². The van der Waals surface area contributed by atoms with Gasteiger partial charge in [-0.1, -0.05) is 48.0 Å². The Kier molecular flexibility index (Phi) is 3.55. The Morgan fingerprint density at radius 2 is 1.70 bits per heavy atom. The Morgan fingerprint density at radius 3 is 2.30 bits per heavy atom. The molecule has 1 aliphatic carbocycles. The first-order valence-corrected chi connectivity index (χ1v) is 7.15. The SMILES string of the molecule is Cc1ccc(C(=O)N(Cc2ccccc2)C2CC2)cc1. The number of aryl methyl sites for hydroxylation is 1. The first-order valence-electron chi connectivity index (χ1n) is 7.15. The summed E-state index contributed by atoms with van der Waals surface area (Å²) in [4.78, 5) is 14.7. The number of rotatable bonds is 4. The van der Waals surface area contributed by atoms with Crippen LogP contribution in [0.5, 0.6) is 0 Å². The van der Waals surface area contributed by atoms with Crippen LogP contribution in [0.15, 0.2) is 54.6 Å². The maximum absolute atomic E-state index is 12.7. The predicted octanol–water partition coefficient (Wildman–Crippen LogP) is 3.80. The molecule has 0 aliphatic heterocycles. The highest BCUT2D eigenvalue weighted by atomic mass is 16.2. The maximum atomic E-state index is 12.7. The Labute approximate surface area is 120 Å². The van der Waals surface area contributed by atoms with Gasteiger partial charge in [0, 0.05) is 18.2 Å². The Bertz CT molecular complexity index is 585. The molecule has 1 saturated carbocycles. The van der Waals surface area contributed by atoms with Crippen molar-refractivity contribution in [3.05, 3.63) is 71.3 Å². The highest BCUT2D eigenvalue weighted by Crippen LogP contribution is 2.29. The van der Waals surface area contributed by atoms with Gasteiger partial charge in [0.25, 0.3) is 5.91 Å². The van der Waals surface area contributed by atoms with Crippen LogP contribution in [0.4, 0.5) is 0 Å². The molecule has 1 amide bonds. The van der Waals surface area contributed by atoms with Gasteiger partial charge < -0.3 is 4.90 Å². The van der Waals surface area contributed by atoms with E-state index in [1.54, 1.807) is 0 Å². The molecule has 2 nitrogen and oxygen atoms in total. The van der Waals surface area contributed by atoms with E-state index in [4.69, 9.17) is 0 Å². The molecule has 102 valence electrons. The minimum absolute atomic E-state index is 0.149. The second-order valence-electron chi connectivity index (χ2n) is 5.52. The number of carbonyl (C=O) groups is 1. The van der Waals surface area contributed by atoms with Gasteiger partial charge in [-0.15, -0.1) is 0 Å². The monoisotopic (exact) mass is 265 g/mol. The summed E-state index contributed by atoms with van der Waals surface area (Å²) in [6.07, 6.45) is 2.26. The maximum Gasteiger partial charge on any atom is 0.254 e. The average Bonchev–Trinajstić information content (AvgIpc) is 3.30. The van der Waals surface area contributed by atoms with Gasteiger partial charge in [-0.25, -0.2) is 0 Å². The fourth-order valence-electron chi connectivity index (χ4n) is 2.40. The van der Waals surface area contributed by atoms with E-state index in [0.29, 0.717) is 12.6 Å². The van der Waals surface area contributed by atoms with Crippen LogP contribution in [0, 0.1) is 6.92 Å². The second-order valence-corrected chi connectivity index (χ2v) is 5.52. The third-order valence-electron chi connectivity index (χ3n) is 3.74. The van der Waals surface area contributed by atoms with E-state index in [2.05, 4.69) is 12.1 Å². The number of benzene rings is 2. The van der Waals surface area contributed by atoms with Crippen LogP contribution in [-0.4, -0.2) is 16.8 Å². The zero-order chi connectivity index (χ0) is 13.9. The lowest BCUT2D eigenvalue weighted by Crippen LogP contribution is -2.32. The van der Waals surface area contributed by atoms with Gasteiger partial charge in [0.15, 0.2) is 0 Å². The summed E-state index contributed by atoms with van der Waals surface area (Å²) in [6, 6.07) is 18.5. The van der Waals surface area contributed by atoms with E-state index in [1.165, 1.54) is 11.1 Å². The lowest BCUT2D eigenvalue weighted by atomic mass is 10.1. The quantitative estimate of drug-likeness (QED) is 0.823. The predicted molar refractivity (Wildman–Crippen MR) is 80.5 cm³/mol. The van der Waals surface area contributed by atoms with Crippen molar-refractivity contribution in [3.63, 3.8) is 0 Å². The molecule has 0 bridgehead atoms. The lowest BCUT2D eigenvalue weighted by molar-refractivity contribution is 0.0730. The van der Waals surface area contributed by atoms with Gasteiger partial charge in [0.2, 0.25) is 0 Å². The molecular formula is C18H19NO. The highest BCUT2D eigenvalue weighted by molar-refractivity contribution is 5.94. The number of amides is 1. The Hall–Kier alpha value is -2.09.